The minimum Gasteiger partial charge on any atom is -0.480 e. The van der Waals surface area contributed by atoms with E-state index >= 15 is 0 Å². The molecule has 4 heteroatoms. The minimum atomic E-state index is 0.450. The van der Waals surface area contributed by atoms with Gasteiger partial charge in [0.1, 0.15) is 6.61 Å². The summed E-state index contributed by atoms with van der Waals surface area (Å²) < 4.78 is 10.4. The molecule has 0 unspecified atom stereocenters. The number of rotatable bonds is 4. The molecule has 0 amide bonds. The molecule has 1 aromatic heterocycles. The van der Waals surface area contributed by atoms with Crippen molar-refractivity contribution in [1.82, 2.24) is 9.97 Å². The molecule has 2 rings (SSSR count). The van der Waals surface area contributed by atoms with Crippen molar-refractivity contribution in [3.63, 3.8) is 0 Å². The van der Waals surface area contributed by atoms with Crippen molar-refractivity contribution in [1.29, 1.82) is 0 Å². The molecule has 0 aliphatic carbocycles. The van der Waals surface area contributed by atoms with Gasteiger partial charge in [-0.3, -0.25) is 4.98 Å². The molecule has 16 heavy (non-hydrogen) atoms. The van der Waals surface area contributed by atoms with Gasteiger partial charge in [0.05, 0.1) is 19.5 Å². The van der Waals surface area contributed by atoms with E-state index in [1.807, 2.05) is 30.3 Å². The summed E-state index contributed by atoms with van der Waals surface area (Å²) in [6, 6.07) is 9.89. The Bertz CT molecular complexity index is 446. The zero-order chi connectivity index (χ0) is 11.2. The first-order valence-electron chi connectivity index (χ1n) is 4.91. The average Bonchev–Trinajstić information content (AvgIpc) is 2.38. The molecule has 0 saturated heterocycles. The van der Waals surface area contributed by atoms with Crippen LogP contribution in [0.2, 0.25) is 0 Å². The van der Waals surface area contributed by atoms with Crippen LogP contribution in [0.25, 0.3) is 0 Å². The third kappa shape index (κ3) is 2.70. The maximum Gasteiger partial charge on any atom is 0.235 e. The van der Waals surface area contributed by atoms with E-state index in [1.54, 1.807) is 13.3 Å². The van der Waals surface area contributed by atoms with E-state index in [0.717, 1.165) is 5.56 Å². The Hall–Kier alpha value is -2.10. The molecule has 0 spiro atoms. The van der Waals surface area contributed by atoms with Crippen molar-refractivity contribution in [3.8, 4) is 11.8 Å². The zero-order valence-electron chi connectivity index (χ0n) is 8.96. The summed E-state index contributed by atoms with van der Waals surface area (Å²) in [6.45, 7) is 0.475. The van der Waals surface area contributed by atoms with Crippen molar-refractivity contribution in [2.24, 2.45) is 0 Å². The highest BCUT2D eigenvalue weighted by Gasteiger charge is 1.99. The molecule has 0 atom stereocenters. The average molecular weight is 216 g/mol. The number of nitrogens with zero attached hydrogens (tertiary/aromatic N) is 2. The third-order valence-corrected chi connectivity index (χ3v) is 2.03. The summed E-state index contributed by atoms with van der Waals surface area (Å²) in [7, 11) is 1.55. The van der Waals surface area contributed by atoms with Crippen LogP contribution in [-0.4, -0.2) is 17.1 Å². The van der Waals surface area contributed by atoms with Gasteiger partial charge in [-0.15, -0.1) is 0 Å². The molecule has 82 valence electrons. The third-order valence-electron chi connectivity index (χ3n) is 2.03. The Morgan fingerprint density at radius 2 is 1.81 bits per heavy atom. The maximum absolute atomic E-state index is 5.48. The van der Waals surface area contributed by atoms with Gasteiger partial charge >= 0.3 is 0 Å². The Morgan fingerprint density at radius 1 is 1.06 bits per heavy atom. The highest BCUT2D eigenvalue weighted by molar-refractivity contribution is 5.16. The fourth-order valence-corrected chi connectivity index (χ4v) is 1.23. The number of methoxy groups -OCH3 is 1. The van der Waals surface area contributed by atoms with Crippen LogP contribution >= 0.6 is 0 Å². The molecule has 0 fully saturated rings. The van der Waals surface area contributed by atoms with Crippen LogP contribution in [0, 0.1) is 0 Å². The van der Waals surface area contributed by atoms with E-state index in [0.29, 0.717) is 18.4 Å². The highest BCUT2D eigenvalue weighted by Crippen LogP contribution is 2.12. The lowest BCUT2D eigenvalue weighted by Gasteiger charge is -2.05. The van der Waals surface area contributed by atoms with Gasteiger partial charge in [0.25, 0.3) is 0 Å². The molecule has 0 aliphatic rings. The van der Waals surface area contributed by atoms with Crippen LogP contribution in [0.1, 0.15) is 5.56 Å². The Balaban J connectivity index is 1.99. The summed E-state index contributed by atoms with van der Waals surface area (Å²) >= 11 is 0. The van der Waals surface area contributed by atoms with E-state index in [-0.39, 0.29) is 0 Å². The number of hydrogen-bond donors (Lipinski definition) is 0. The Kier molecular flexibility index (Phi) is 3.33. The predicted octanol–water partition coefficient (Wildman–Crippen LogP) is 2.06. The van der Waals surface area contributed by atoms with Crippen molar-refractivity contribution in [2.75, 3.05) is 7.11 Å². The van der Waals surface area contributed by atoms with Gasteiger partial charge in [0.15, 0.2) is 0 Å². The molecule has 1 heterocycles. The second kappa shape index (κ2) is 5.11. The van der Waals surface area contributed by atoms with Gasteiger partial charge in [-0.2, -0.15) is 4.98 Å². The zero-order valence-corrected chi connectivity index (χ0v) is 8.96. The summed E-state index contributed by atoms with van der Waals surface area (Å²) in [5.41, 5.74) is 1.09. The molecule has 0 aliphatic heterocycles. The van der Waals surface area contributed by atoms with Crippen molar-refractivity contribution < 1.29 is 9.47 Å². The molecular formula is C12H12N2O2. The van der Waals surface area contributed by atoms with Crippen LogP contribution in [0.3, 0.4) is 0 Å². The van der Waals surface area contributed by atoms with Gasteiger partial charge < -0.3 is 9.47 Å². The first kappa shape index (κ1) is 10.4. The Morgan fingerprint density at radius 3 is 2.56 bits per heavy atom. The molecule has 0 saturated carbocycles. The maximum atomic E-state index is 5.48. The van der Waals surface area contributed by atoms with E-state index in [4.69, 9.17) is 9.47 Å². The molecule has 1 aromatic carbocycles. The monoisotopic (exact) mass is 216 g/mol. The number of hydrogen-bond acceptors (Lipinski definition) is 4. The predicted molar refractivity (Wildman–Crippen MR) is 59.4 cm³/mol. The summed E-state index contributed by atoms with van der Waals surface area (Å²) in [5, 5.41) is 0. The molecule has 2 aromatic rings. The van der Waals surface area contributed by atoms with Crippen LogP contribution < -0.4 is 9.47 Å². The Labute approximate surface area is 93.9 Å². The topological polar surface area (TPSA) is 44.2 Å². The van der Waals surface area contributed by atoms with Crippen LogP contribution in [0.5, 0.6) is 11.8 Å². The SMILES string of the molecule is COc1cncc(OCc2ccccc2)n1. The quantitative estimate of drug-likeness (QED) is 0.784. The second-order valence-electron chi connectivity index (χ2n) is 3.17. The van der Waals surface area contributed by atoms with E-state index < -0.39 is 0 Å². The first-order valence-corrected chi connectivity index (χ1v) is 4.91. The van der Waals surface area contributed by atoms with Gasteiger partial charge in [-0.1, -0.05) is 30.3 Å². The van der Waals surface area contributed by atoms with Gasteiger partial charge in [0.2, 0.25) is 11.8 Å². The fourth-order valence-electron chi connectivity index (χ4n) is 1.23. The molecule has 0 bridgehead atoms. The summed E-state index contributed by atoms with van der Waals surface area (Å²) in [6.07, 6.45) is 3.10. The van der Waals surface area contributed by atoms with Crippen LogP contribution in [0.15, 0.2) is 42.7 Å². The standard InChI is InChI=1S/C12H12N2O2/c1-15-11-7-13-8-12(14-11)16-9-10-5-3-2-4-6-10/h2-8H,9H2,1H3. The van der Waals surface area contributed by atoms with Crippen molar-refractivity contribution in [2.45, 2.75) is 6.61 Å². The first-order chi connectivity index (χ1) is 7.88. The number of aromatic nitrogens is 2. The fraction of sp³-hybridized carbons (Fsp3) is 0.167. The van der Waals surface area contributed by atoms with Gasteiger partial charge in [-0.05, 0) is 5.56 Å². The largest absolute Gasteiger partial charge is 0.480 e. The van der Waals surface area contributed by atoms with Gasteiger partial charge in [0, 0.05) is 0 Å². The normalized spacial score (nSPS) is 9.81. The second-order valence-corrected chi connectivity index (χ2v) is 3.17. The van der Waals surface area contributed by atoms with Gasteiger partial charge in [-0.25, -0.2) is 0 Å². The smallest absolute Gasteiger partial charge is 0.235 e. The van der Waals surface area contributed by atoms with E-state index in [1.165, 1.54) is 6.20 Å². The molecule has 0 N–H and O–H groups in total. The lowest BCUT2D eigenvalue weighted by Crippen LogP contribution is -1.98. The minimum absolute atomic E-state index is 0.450. The van der Waals surface area contributed by atoms with Crippen LogP contribution in [0.4, 0.5) is 0 Å². The number of ether oxygens (including phenoxy) is 2. The lowest BCUT2D eigenvalue weighted by atomic mass is 10.2. The summed E-state index contributed by atoms with van der Waals surface area (Å²) in [5.74, 6) is 0.911. The lowest BCUT2D eigenvalue weighted by molar-refractivity contribution is 0.285. The van der Waals surface area contributed by atoms with Crippen molar-refractivity contribution >= 4 is 0 Å². The van der Waals surface area contributed by atoms with Crippen LogP contribution in [-0.2, 0) is 6.61 Å². The van der Waals surface area contributed by atoms with E-state index in [9.17, 15) is 0 Å². The highest BCUT2D eigenvalue weighted by atomic mass is 16.5. The van der Waals surface area contributed by atoms with E-state index in [2.05, 4.69) is 9.97 Å². The molecule has 4 nitrogen and oxygen atoms in total. The summed E-state index contributed by atoms with van der Waals surface area (Å²) in [4.78, 5) is 8.05. The number of benzene rings is 1. The molecule has 0 radical (unpaired) electrons. The molecular weight excluding hydrogens is 204 g/mol. The van der Waals surface area contributed by atoms with Crippen molar-refractivity contribution in [3.05, 3.63) is 48.3 Å².